The number of rotatable bonds is 2. The Hall–Kier alpha value is -0.860. The Morgan fingerprint density at radius 1 is 1.27 bits per heavy atom. The molecular formula is C9H13NO. The molecule has 0 fully saturated rings. The molecule has 2 heteroatoms. The molecule has 0 aliphatic heterocycles. The molecule has 2 nitrogen and oxygen atoms in total. The van der Waals surface area contributed by atoms with Crippen molar-refractivity contribution in [1.29, 1.82) is 0 Å². The van der Waals surface area contributed by atoms with E-state index < -0.39 is 0 Å². The van der Waals surface area contributed by atoms with Gasteiger partial charge in [0.25, 0.3) is 0 Å². The number of hydrogen-bond acceptors (Lipinski definition) is 2. The summed E-state index contributed by atoms with van der Waals surface area (Å²) >= 11 is 0. The summed E-state index contributed by atoms with van der Waals surface area (Å²) in [5, 5.41) is 10.3. The molecule has 0 saturated heterocycles. The Morgan fingerprint density at radius 2 is 1.82 bits per heavy atom. The van der Waals surface area contributed by atoms with Crippen LogP contribution in [0.4, 0.5) is 0 Å². The monoisotopic (exact) mass is 151 g/mol. The summed E-state index contributed by atoms with van der Waals surface area (Å²) in [6.07, 6.45) is 0. The van der Waals surface area contributed by atoms with E-state index in [0.717, 1.165) is 5.56 Å². The van der Waals surface area contributed by atoms with Gasteiger partial charge in [0.05, 0.1) is 6.04 Å². The summed E-state index contributed by atoms with van der Waals surface area (Å²) in [6.45, 7) is 1.95. The van der Waals surface area contributed by atoms with Gasteiger partial charge in [0.15, 0.2) is 0 Å². The van der Waals surface area contributed by atoms with E-state index in [1.165, 1.54) is 5.06 Å². The third kappa shape index (κ3) is 2.03. The minimum Gasteiger partial charge on any atom is -0.314 e. The van der Waals surface area contributed by atoms with Crippen LogP contribution in [0.15, 0.2) is 30.3 Å². The van der Waals surface area contributed by atoms with Gasteiger partial charge in [-0.3, -0.25) is 0 Å². The second-order valence-electron chi connectivity index (χ2n) is 2.66. The van der Waals surface area contributed by atoms with Crippen molar-refractivity contribution < 1.29 is 5.21 Å². The predicted molar refractivity (Wildman–Crippen MR) is 44.4 cm³/mol. The van der Waals surface area contributed by atoms with Gasteiger partial charge in [-0.05, 0) is 12.5 Å². The van der Waals surface area contributed by atoms with Crippen LogP contribution in [-0.2, 0) is 0 Å². The quantitative estimate of drug-likeness (QED) is 0.654. The van der Waals surface area contributed by atoms with E-state index >= 15 is 0 Å². The molecule has 1 N–H and O–H groups in total. The molecule has 1 aromatic carbocycles. The van der Waals surface area contributed by atoms with Gasteiger partial charge in [-0.1, -0.05) is 30.3 Å². The first-order valence-corrected chi connectivity index (χ1v) is 3.68. The molecule has 0 amide bonds. The van der Waals surface area contributed by atoms with Gasteiger partial charge in [0.1, 0.15) is 0 Å². The minimum absolute atomic E-state index is 0.0659. The van der Waals surface area contributed by atoms with Crippen molar-refractivity contribution in [2.45, 2.75) is 13.0 Å². The van der Waals surface area contributed by atoms with Gasteiger partial charge in [0, 0.05) is 7.05 Å². The van der Waals surface area contributed by atoms with Crippen LogP contribution in [0.3, 0.4) is 0 Å². The van der Waals surface area contributed by atoms with E-state index in [1.807, 2.05) is 37.3 Å². The van der Waals surface area contributed by atoms with Gasteiger partial charge < -0.3 is 5.21 Å². The molecule has 0 aliphatic rings. The van der Waals surface area contributed by atoms with Crippen LogP contribution >= 0.6 is 0 Å². The molecule has 0 aliphatic carbocycles. The number of benzene rings is 1. The van der Waals surface area contributed by atoms with Crippen LogP contribution in [0, 0.1) is 0 Å². The van der Waals surface area contributed by atoms with E-state index in [9.17, 15) is 0 Å². The lowest BCUT2D eigenvalue weighted by molar-refractivity contribution is -0.0984. The second kappa shape index (κ2) is 3.51. The second-order valence-corrected chi connectivity index (χ2v) is 2.66. The van der Waals surface area contributed by atoms with Gasteiger partial charge in [-0.15, -0.1) is 0 Å². The number of nitrogens with zero attached hydrogens (tertiary/aromatic N) is 1. The van der Waals surface area contributed by atoms with E-state index in [0.29, 0.717) is 0 Å². The standard InChI is InChI=1S/C9H13NO/c1-8(10(2)11)9-6-4-3-5-7-9/h3-8,11H,1-2H3. The van der Waals surface area contributed by atoms with Gasteiger partial charge in [-0.2, -0.15) is 5.06 Å². The highest BCUT2D eigenvalue weighted by molar-refractivity contribution is 5.17. The van der Waals surface area contributed by atoms with Crippen LogP contribution in [0.2, 0.25) is 0 Å². The van der Waals surface area contributed by atoms with Gasteiger partial charge in [-0.25, -0.2) is 0 Å². The van der Waals surface area contributed by atoms with Crippen molar-refractivity contribution in [3.8, 4) is 0 Å². The maximum Gasteiger partial charge on any atom is 0.0568 e. The van der Waals surface area contributed by atoms with Crippen molar-refractivity contribution in [2.75, 3.05) is 7.05 Å². The Labute approximate surface area is 67.0 Å². The molecule has 1 unspecified atom stereocenters. The Bertz CT molecular complexity index is 208. The molecule has 0 heterocycles. The Morgan fingerprint density at radius 3 is 2.27 bits per heavy atom. The first-order chi connectivity index (χ1) is 5.22. The summed E-state index contributed by atoms with van der Waals surface area (Å²) in [4.78, 5) is 0. The largest absolute Gasteiger partial charge is 0.314 e. The molecule has 0 radical (unpaired) electrons. The molecule has 0 bridgehead atoms. The smallest absolute Gasteiger partial charge is 0.0568 e. The van der Waals surface area contributed by atoms with E-state index in [1.54, 1.807) is 7.05 Å². The highest BCUT2D eigenvalue weighted by Crippen LogP contribution is 2.15. The average Bonchev–Trinajstić information content (AvgIpc) is 2.05. The van der Waals surface area contributed by atoms with Crippen LogP contribution < -0.4 is 0 Å². The van der Waals surface area contributed by atoms with Crippen molar-refractivity contribution in [1.82, 2.24) is 5.06 Å². The number of hydroxylamine groups is 2. The van der Waals surface area contributed by atoms with Gasteiger partial charge >= 0.3 is 0 Å². The predicted octanol–water partition coefficient (Wildman–Crippen LogP) is 2.07. The highest BCUT2D eigenvalue weighted by atomic mass is 16.5. The zero-order chi connectivity index (χ0) is 8.27. The zero-order valence-corrected chi connectivity index (χ0v) is 6.86. The molecule has 1 rings (SSSR count). The summed E-state index contributed by atoms with van der Waals surface area (Å²) in [7, 11) is 1.65. The lowest BCUT2D eigenvalue weighted by atomic mass is 10.1. The van der Waals surface area contributed by atoms with Crippen molar-refractivity contribution in [2.24, 2.45) is 0 Å². The van der Waals surface area contributed by atoms with E-state index in [-0.39, 0.29) is 6.04 Å². The minimum atomic E-state index is 0.0659. The number of hydrogen-bond donors (Lipinski definition) is 1. The Kier molecular flexibility index (Phi) is 2.63. The maximum absolute atomic E-state index is 9.11. The lowest BCUT2D eigenvalue weighted by Crippen LogP contribution is -2.17. The lowest BCUT2D eigenvalue weighted by Gasteiger charge is -2.17. The van der Waals surface area contributed by atoms with Crippen LogP contribution in [0.5, 0.6) is 0 Å². The molecule has 0 saturated carbocycles. The third-order valence-electron chi connectivity index (χ3n) is 1.84. The summed E-state index contributed by atoms with van der Waals surface area (Å²) in [6, 6.07) is 9.96. The zero-order valence-electron chi connectivity index (χ0n) is 6.86. The summed E-state index contributed by atoms with van der Waals surface area (Å²) in [5.74, 6) is 0. The molecule has 1 atom stereocenters. The summed E-state index contributed by atoms with van der Waals surface area (Å²) in [5.41, 5.74) is 1.12. The summed E-state index contributed by atoms with van der Waals surface area (Å²) < 4.78 is 0. The first kappa shape index (κ1) is 8.24. The molecular weight excluding hydrogens is 138 g/mol. The van der Waals surface area contributed by atoms with Crippen molar-refractivity contribution >= 4 is 0 Å². The van der Waals surface area contributed by atoms with Crippen molar-refractivity contribution in [3.05, 3.63) is 35.9 Å². The average molecular weight is 151 g/mol. The molecule has 0 spiro atoms. The fourth-order valence-corrected chi connectivity index (χ4v) is 0.947. The topological polar surface area (TPSA) is 23.5 Å². The van der Waals surface area contributed by atoms with Crippen LogP contribution in [-0.4, -0.2) is 17.3 Å². The van der Waals surface area contributed by atoms with E-state index in [2.05, 4.69) is 0 Å². The molecule has 60 valence electrons. The highest BCUT2D eigenvalue weighted by Gasteiger charge is 2.06. The van der Waals surface area contributed by atoms with Crippen LogP contribution in [0.25, 0.3) is 0 Å². The van der Waals surface area contributed by atoms with Crippen LogP contribution in [0.1, 0.15) is 18.5 Å². The molecule has 1 aromatic rings. The third-order valence-corrected chi connectivity index (χ3v) is 1.84. The molecule has 0 aromatic heterocycles. The SMILES string of the molecule is CC(c1ccccc1)N(C)O. The maximum atomic E-state index is 9.11. The molecule has 11 heavy (non-hydrogen) atoms. The van der Waals surface area contributed by atoms with Crippen molar-refractivity contribution in [3.63, 3.8) is 0 Å². The Balaban J connectivity index is 2.77. The van der Waals surface area contributed by atoms with E-state index in [4.69, 9.17) is 5.21 Å². The fourth-order valence-electron chi connectivity index (χ4n) is 0.947. The van der Waals surface area contributed by atoms with Gasteiger partial charge in [0.2, 0.25) is 0 Å². The first-order valence-electron chi connectivity index (χ1n) is 3.68. The normalized spacial score (nSPS) is 13.5. The fraction of sp³-hybridized carbons (Fsp3) is 0.333.